The number of hydrogen-bond donors (Lipinski definition) is 3. The Morgan fingerprint density at radius 3 is 2.37 bits per heavy atom. The highest BCUT2D eigenvalue weighted by Crippen LogP contribution is 2.41. The van der Waals surface area contributed by atoms with Gasteiger partial charge in [-0.1, -0.05) is 43.0 Å². The van der Waals surface area contributed by atoms with Crippen molar-refractivity contribution >= 4 is 5.78 Å². The quantitative estimate of drug-likeness (QED) is 0.330. The van der Waals surface area contributed by atoms with Gasteiger partial charge in [0.1, 0.15) is 18.0 Å². The smallest absolute Gasteiger partial charge is 0.187 e. The third kappa shape index (κ3) is 3.68. The van der Waals surface area contributed by atoms with Gasteiger partial charge >= 0.3 is 0 Å². The molecule has 1 aliphatic carbocycles. The average Bonchev–Trinajstić information content (AvgIpc) is 3.17. The van der Waals surface area contributed by atoms with E-state index in [-0.39, 0.29) is 13.2 Å². The molecule has 0 saturated heterocycles. The van der Waals surface area contributed by atoms with E-state index in [1.165, 1.54) is 18.1 Å². The van der Waals surface area contributed by atoms with Gasteiger partial charge < -0.3 is 24.8 Å². The minimum atomic E-state index is -1.65. The summed E-state index contributed by atoms with van der Waals surface area (Å²) in [5, 5.41) is 29.3. The van der Waals surface area contributed by atoms with E-state index in [9.17, 15) is 20.1 Å². The molecule has 0 aromatic heterocycles. The van der Waals surface area contributed by atoms with Crippen molar-refractivity contribution in [2.24, 2.45) is 5.41 Å². The van der Waals surface area contributed by atoms with Crippen LogP contribution in [-0.2, 0) is 16.0 Å². The van der Waals surface area contributed by atoms with Crippen LogP contribution in [0.15, 0.2) is 55.1 Å². The molecule has 2 aromatic carbocycles. The maximum Gasteiger partial charge on any atom is 0.187 e. The van der Waals surface area contributed by atoms with Crippen molar-refractivity contribution in [2.75, 3.05) is 33.0 Å². The Hall–Kier alpha value is -2.51. The van der Waals surface area contributed by atoms with Crippen molar-refractivity contribution in [2.45, 2.75) is 18.9 Å². The number of aliphatic hydroxyl groups excluding tert-OH is 3. The van der Waals surface area contributed by atoms with Gasteiger partial charge in [-0.2, -0.15) is 0 Å². The minimum Gasteiger partial charge on any atom is -0.491 e. The third-order valence-corrected chi connectivity index (χ3v) is 6.12. The lowest BCUT2D eigenvalue weighted by Gasteiger charge is -2.43. The van der Waals surface area contributed by atoms with E-state index in [4.69, 9.17) is 9.47 Å². The Kier molecular flexibility index (Phi) is 6.73. The molecule has 3 N–H and O–H groups in total. The van der Waals surface area contributed by atoms with Crippen molar-refractivity contribution in [3.63, 3.8) is 0 Å². The Morgan fingerprint density at radius 2 is 1.70 bits per heavy atom. The van der Waals surface area contributed by atoms with Crippen molar-refractivity contribution in [1.82, 2.24) is 0 Å². The van der Waals surface area contributed by atoms with Crippen molar-refractivity contribution in [3.05, 3.63) is 66.2 Å². The van der Waals surface area contributed by atoms with Gasteiger partial charge in [-0.15, -0.1) is 0 Å². The number of ether oxygens (including phenoxy) is 2. The number of hydrogen-bond acceptors (Lipinski definition) is 6. The van der Waals surface area contributed by atoms with Gasteiger partial charge in [0.15, 0.2) is 5.78 Å². The molecule has 0 fully saturated rings. The summed E-state index contributed by atoms with van der Waals surface area (Å²) < 4.78 is 11.8. The molecule has 2 aromatic rings. The maximum absolute atomic E-state index is 12.5. The molecular weight excluding hydrogens is 384 g/mol. The zero-order chi connectivity index (χ0) is 21.8. The minimum absolute atomic E-state index is 0.0223. The summed E-state index contributed by atoms with van der Waals surface area (Å²) in [7, 11) is 0. The largest absolute Gasteiger partial charge is 0.491 e. The molecule has 1 atom stereocenters. The van der Waals surface area contributed by atoms with Gasteiger partial charge in [0.05, 0.1) is 31.8 Å². The molecule has 160 valence electrons. The zero-order valence-electron chi connectivity index (χ0n) is 17.1. The topological polar surface area (TPSA) is 96.2 Å². The summed E-state index contributed by atoms with van der Waals surface area (Å²) in [6.07, 6.45) is 1.86. The number of ketones is 1. The molecule has 6 nitrogen and oxygen atoms in total. The summed E-state index contributed by atoms with van der Waals surface area (Å²) in [6, 6.07) is 14.2. The number of benzene rings is 2. The highest BCUT2D eigenvalue weighted by atomic mass is 16.5. The third-order valence-electron chi connectivity index (χ3n) is 6.12. The van der Waals surface area contributed by atoms with E-state index in [1.807, 2.05) is 24.3 Å². The monoisotopic (exact) mass is 412 g/mol. The molecular formula is C24H28O6. The van der Waals surface area contributed by atoms with Crippen LogP contribution in [0.3, 0.4) is 0 Å². The van der Waals surface area contributed by atoms with Crippen molar-refractivity contribution in [1.29, 1.82) is 0 Å². The standard InChI is InChI=1S/C24H28O6/c1-3-22(28)23(2,24(14-25,15-26)16-27)30-12-11-29-21-10-6-9-19-18-8-5-4-7-17(18)13-20(19)21/h3-10,25-27H,1,11-16H2,2H3. The highest BCUT2D eigenvalue weighted by molar-refractivity contribution is 5.97. The van der Waals surface area contributed by atoms with Crippen LogP contribution in [0.1, 0.15) is 18.1 Å². The SMILES string of the molecule is C=CC(=O)C(C)(OCCOc1cccc2c1Cc1ccccc1-2)C(CO)(CO)CO. The van der Waals surface area contributed by atoms with Crippen LogP contribution in [0.5, 0.6) is 5.75 Å². The second-order valence-electron chi connectivity index (χ2n) is 7.67. The molecule has 1 unspecified atom stereocenters. The predicted molar refractivity (Wildman–Crippen MR) is 113 cm³/mol. The summed E-state index contributed by atoms with van der Waals surface area (Å²) in [4.78, 5) is 12.5. The van der Waals surface area contributed by atoms with E-state index >= 15 is 0 Å². The second-order valence-corrected chi connectivity index (χ2v) is 7.67. The van der Waals surface area contributed by atoms with Crippen LogP contribution in [-0.4, -0.2) is 59.7 Å². The fourth-order valence-electron chi connectivity index (χ4n) is 3.94. The highest BCUT2D eigenvalue weighted by Gasteiger charge is 2.52. The van der Waals surface area contributed by atoms with Crippen LogP contribution >= 0.6 is 0 Å². The van der Waals surface area contributed by atoms with Crippen LogP contribution in [0, 0.1) is 5.41 Å². The number of carbonyl (C=O) groups excluding carboxylic acids is 1. The van der Waals surface area contributed by atoms with E-state index in [1.54, 1.807) is 0 Å². The molecule has 0 spiro atoms. The fourth-order valence-corrected chi connectivity index (χ4v) is 3.94. The molecule has 0 bridgehead atoms. The molecule has 0 radical (unpaired) electrons. The first-order chi connectivity index (χ1) is 14.5. The number of rotatable bonds is 11. The van der Waals surface area contributed by atoms with Gasteiger partial charge in [-0.25, -0.2) is 0 Å². The molecule has 0 amide bonds. The molecule has 0 heterocycles. The lowest BCUT2D eigenvalue weighted by Crippen LogP contribution is -2.59. The first-order valence-electron chi connectivity index (χ1n) is 9.92. The van der Waals surface area contributed by atoms with E-state index < -0.39 is 36.6 Å². The van der Waals surface area contributed by atoms with Crippen molar-refractivity contribution < 1.29 is 29.6 Å². The van der Waals surface area contributed by atoms with E-state index in [2.05, 4.69) is 24.8 Å². The lowest BCUT2D eigenvalue weighted by molar-refractivity contribution is -0.184. The zero-order valence-corrected chi connectivity index (χ0v) is 17.1. The molecule has 0 aliphatic heterocycles. The number of carbonyl (C=O) groups is 1. The van der Waals surface area contributed by atoms with Gasteiger partial charge in [-0.05, 0) is 35.8 Å². The Bertz CT molecular complexity index is 909. The van der Waals surface area contributed by atoms with E-state index in [0.717, 1.165) is 29.4 Å². The Morgan fingerprint density at radius 1 is 1.03 bits per heavy atom. The van der Waals surface area contributed by atoms with Gasteiger partial charge in [0.2, 0.25) is 0 Å². The molecule has 30 heavy (non-hydrogen) atoms. The Labute approximate surface area is 176 Å². The Balaban J connectivity index is 1.71. The molecule has 6 heteroatoms. The van der Waals surface area contributed by atoms with Gasteiger partial charge in [0.25, 0.3) is 0 Å². The van der Waals surface area contributed by atoms with Gasteiger partial charge in [-0.3, -0.25) is 4.79 Å². The van der Waals surface area contributed by atoms with Crippen LogP contribution in [0.2, 0.25) is 0 Å². The molecule has 0 saturated carbocycles. The fraction of sp³-hybridized carbons (Fsp3) is 0.375. The first kappa shape index (κ1) is 22.2. The molecule has 3 rings (SSSR count). The molecule has 1 aliphatic rings. The summed E-state index contributed by atoms with van der Waals surface area (Å²) in [5.74, 6) is 0.220. The van der Waals surface area contributed by atoms with Crippen LogP contribution < -0.4 is 4.74 Å². The van der Waals surface area contributed by atoms with Gasteiger partial charge in [0, 0.05) is 12.0 Å². The number of fused-ring (bicyclic) bond motifs is 3. The average molecular weight is 412 g/mol. The second kappa shape index (κ2) is 9.10. The van der Waals surface area contributed by atoms with E-state index in [0.29, 0.717) is 0 Å². The van der Waals surface area contributed by atoms with Crippen molar-refractivity contribution in [3.8, 4) is 16.9 Å². The normalized spacial score (nSPS) is 14.5. The summed E-state index contributed by atoms with van der Waals surface area (Å²) in [5.41, 5.74) is 1.52. The number of aliphatic hydroxyl groups is 3. The summed E-state index contributed by atoms with van der Waals surface area (Å²) >= 11 is 0. The lowest BCUT2D eigenvalue weighted by atomic mass is 9.71. The first-order valence-corrected chi connectivity index (χ1v) is 9.92. The maximum atomic E-state index is 12.5. The summed E-state index contributed by atoms with van der Waals surface area (Å²) in [6.45, 7) is 3.22. The van der Waals surface area contributed by atoms with Crippen LogP contribution in [0.25, 0.3) is 11.1 Å². The predicted octanol–water partition coefficient (Wildman–Crippen LogP) is 2.13. The van der Waals surface area contributed by atoms with Crippen LogP contribution in [0.4, 0.5) is 0 Å².